The molecule has 6 heteroatoms. The summed E-state index contributed by atoms with van der Waals surface area (Å²) in [5.74, 6) is 0.772. The van der Waals surface area contributed by atoms with Crippen molar-refractivity contribution >= 4 is 22.9 Å². The summed E-state index contributed by atoms with van der Waals surface area (Å²) < 4.78 is 5.45. The van der Waals surface area contributed by atoms with Gasteiger partial charge in [0.25, 0.3) is 5.91 Å². The van der Waals surface area contributed by atoms with Gasteiger partial charge in [-0.3, -0.25) is 9.78 Å². The van der Waals surface area contributed by atoms with Crippen LogP contribution in [0, 0.1) is 0 Å². The van der Waals surface area contributed by atoms with Gasteiger partial charge >= 0.3 is 0 Å². The van der Waals surface area contributed by atoms with Crippen LogP contribution in [0.15, 0.2) is 58.8 Å². The summed E-state index contributed by atoms with van der Waals surface area (Å²) in [5.41, 5.74) is 3.44. The number of nitrogens with zero attached hydrogens (tertiary/aromatic N) is 3. The molecule has 0 spiro atoms. The van der Waals surface area contributed by atoms with E-state index in [1.54, 1.807) is 23.1 Å². The quantitative estimate of drug-likeness (QED) is 0.739. The van der Waals surface area contributed by atoms with Gasteiger partial charge in [0.15, 0.2) is 0 Å². The summed E-state index contributed by atoms with van der Waals surface area (Å²) in [7, 11) is 2.00. The second-order valence-electron chi connectivity index (χ2n) is 5.42. The highest BCUT2D eigenvalue weighted by atomic mass is 32.1. The molecular weight excluding hydrogens is 310 g/mol. The Morgan fingerprint density at radius 2 is 2.13 bits per heavy atom. The van der Waals surface area contributed by atoms with E-state index in [2.05, 4.69) is 9.88 Å². The average Bonchev–Trinajstić information content (AvgIpc) is 3.26. The average molecular weight is 325 g/mol. The molecule has 5 nitrogen and oxygen atoms in total. The third-order valence-corrected chi connectivity index (χ3v) is 4.87. The number of carbonyl (C=O) groups is 1. The fourth-order valence-electron chi connectivity index (χ4n) is 2.99. The lowest BCUT2D eigenvalue weighted by Gasteiger charge is -2.42. The second-order valence-corrected chi connectivity index (χ2v) is 6.34. The van der Waals surface area contributed by atoms with Gasteiger partial charge in [-0.1, -0.05) is 12.1 Å². The van der Waals surface area contributed by atoms with Gasteiger partial charge in [-0.05, 0) is 24.3 Å². The molecule has 1 amide bonds. The molecule has 1 aliphatic rings. The van der Waals surface area contributed by atoms with Crippen LogP contribution in [0.4, 0.5) is 5.69 Å². The van der Waals surface area contributed by atoms with E-state index in [1.165, 1.54) is 0 Å². The van der Waals surface area contributed by atoms with Crippen LogP contribution in [-0.4, -0.2) is 22.8 Å². The third kappa shape index (κ3) is 2.31. The summed E-state index contributed by atoms with van der Waals surface area (Å²) in [5, 5.41) is 0. The number of furan rings is 1. The molecule has 116 valence electrons. The van der Waals surface area contributed by atoms with Gasteiger partial charge in [-0.2, -0.15) is 0 Å². The van der Waals surface area contributed by atoms with E-state index in [1.807, 2.05) is 54.5 Å². The Labute approximate surface area is 137 Å². The van der Waals surface area contributed by atoms with E-state index < -0.39 is 0 Å². The maximum Gasteiger partial charge on any atom is 0.258 e. The van der Waals surface area contributed by atoms with Gasteiger partial charge in [0.05, 0.1) is 34.4 Å². The maximum absolute atomic E-state index is 13.0. The molecule has 0 unspecified atom stereocenters. The van der Waals surface area contributed by atoms with Crippen LogP contribution in [0.25, 0.3) is 0 Å². The van der Waals surface area contributed by atoms with Gasteiger partial charge in [0.2, 0.25) is 0 Å². The van der Waals surface area contributed by atoms with Crippen molar-refractivity contribution in [3.05, 3.63) is 70.6 Å². The molecule has 4 rings (SSSR count). The first-order valence-electron chi connectivity index (χ1n) is 7.29. The maximum atomic E-state index is 13.0. The summed E-state index contributed by atoms with van der Waals surface area (Å²) in [6, 6.07) is 11.4. The van der Waals surface area contributed by atoms with E-state index >= 15 is 0 Å². The molecule has 0 N–H and O–H groups in total. The number of para-hydroxylation sites is 1. The van der Waals surface area contributed by atoms with Crippen molar-refractivity contribution in [2.24, 2.45) is 0 Å². The number of fused-ring (bicyclic) bond motifs is 1. The second kappa shape index (κ2) is 5.55. The molecule has 1 aliphatic heterocycles. The van der Waals surface area contributed by atoms with Gasteiger partial charge in [0, 0.05) is 13.2 Å². The predicted molar refractivity (Wildman–Crippen MR) is 88.3 cm³/mol. The number of anilines is 1. The number of hydrogen-bond donors (Lipinski definition) is 0. The largest absolute Gasteiger partial charge is 0.467 e. The van der Waals surface area contributed by atoms with Crippen LogP contribution in [0.1, 0.15) is 27.2 Å². The van der Waals surface area contributed by atoms with Crippen LogP contribution in [0.3, 0.4) is 0 Å². The van der Waals surface area contributed by atoms with E-state index in [-0.39, 0.29) is 12.1 Å². The molecular formula is C17H15N3O2S. The topological polar surface area (TPSA) is 49.6 Å². The minimum absolute atomic E-state index is 0.00787. The molecule has 23 heavy (non-hydrogen) atoms. The number of rotatable bonds is 3. The lowest BCUT2D eigenvalue weighted by Crippen LogP contribution is -2.47. The van der Waals surface area contributed by atoms with Gasteiger partial charge in [-0.25, -0.2) is 0 Å². The zero-order chi connectivity index (χ0) is 15.8. The molecule has 0 radical (unpaired) electrons. The highest BCUT2D eigenvalue weighted by molar-refractivity contribution is 7.09. The van der Waals surface area contributed by atoms with Crippen molar-refractivity contribution in [3.63, 3.8) is 0 Å². The Morgan fingerprint density at radius 3 is 2.87 bits per heavy atom. The van der Waals surface area contributed by atoms with Crippen LogP contribution in [-0.2, 0) is 6.54 Å². The van der Waals surface area contributed by atoms with Gasteiger partial charge in [0.1, 0.15) is 11.9 Å². The van der Waals surface area contributed by atoms with E-state index in [0.29, 0.717) is 12.1 Å². The van der Waals surface area contributed by atoms with Crippen LogP contribution in [0.5, 0.6) is 0 Å². The van der Waals surface area contributed by atoms with Crippen molar-refractivity contribution < 1.29 is 9.21 Å². The van der Waals surface area contributed by atoms with Crippen molar-refractivity contribution in [1.82, 2.24) is 9.88 Å². The third-order valence-electron chi connectivity index (χ3n) is 4.05. The van der Waals surface area contributed by atoms with Crippen molar-refractivity contribution in [1.29, 1.82) is 0 Å². The molecule has 3 heterocycles. The zero-order valence-electron chi connectivity index (χ0n) is 12.5. The van der Waals surface area contributed by atoms with Crippen molar-refractivity contribution in [2.75, 3.05) is 11.9 Å². The molecule has 0 saturated carbocycles. The van der Waals surface area contributed by atoms with E-state index in [0.717, 1.165) is 16.3 Å². The smallest absolute Gasteiger partial charge is 0.258 e. The summed E-state index contributed by atoms with van der Waals surface area (Å²) in [6.07, 6.45) is 3.26. The Kier molecular flexibility index (Phi) is 3.38. The van der Waals surface area contributed by atoms with E-state index in [4.69, 9.17) is 4.42 Å². The Morgan fingerprint density at radius 1 is 1.26 bits per heavy atom. The number of benzene rings is 1. The molecule has 0 saturated heterocycles. The first-order chi connectivity index (χ1) is 11.3. The lowest BCUT2D eigenvalue weighted by molar-refractivity contribution is 0.0623. The van der Waals surface area contributed by atoms with Crippen LogP contribution >= 0.6 is 11.3 Å². The first kappa shape index (κ1) is 14.0. The summed E-state index contributed by atoms with van der Waals surface area (Å²) in [4.78, 5) is 22.2. The normalized spacial score (nSPS) is 17.4. The molecule has 1 atom stereocenters. The first-order valence-corrected chi connectivity index (χ1v) is 8.17. The number of carbonyl (C=O) groups excluding carboxylic acids is 1. The van der Waals surface area contributed by atoms with Crippen molar-refractivity contribution in [2.45, 2.75) is 12.7 Å². The monoisotopic (exact) mass is 325 g/mol. The zero-order valence-corrected chi connectivity index (χ0v) is 13.4. The Bertz CT molecular complexity index is 814. The molecule has 3 aromatic rings. The molecule has 0 bridgehead atoms. The Hall–Kier alpha value is -2.60. The van der Waals surface area contributed by atoms with Crippen LogP contribution in [0.2, 0.25) is 0 Å². The minimum atomic E-state index is -0.185. The number of aromatic nitrogens is 1. The highest BCUT2D eigenvalue weighted by Gasteiger charge is 2.37. The van der Waals surface area contributed by atoms with Crippen molar-refractivity contribution in [3.8, 4) is 0 Å². The Balaban J connectivity index is 1.81. The minimum Gasteiger partial charge on any atom is -0.467 e. The fraction of sp³-hybridized carbons (Fsp3) is 0.176. The standard InChI is InChI=1S/C17H15N3O2S/c1-19-14-7-3-2-6-13(14)17(21)20(10-12-5-4-8-22-12)16(19)15-9-18-11-23-15/h2-9,11,16H,10H2,1H3/t16-/m0/s1. The van der Waals surface area contributed by atoms with E-state index in [9.17, 15) is 4.79 Å². The summed E-state index contributed by atoms with van der Waals surface area (Å²) in [6.45, 7) is 0.424. The molecule has 0 fully saturated rings. The number of thiazole rings is 1. The molecule has 1 aromatic carbocycles. The van der Waals surface area contributed by atoms with Gasteiger partial charge in [-0.15, -0.1) is 11.3 Å². The number of amides is 1. The SMILES string of the molecule is CN1c2ccccc2C(=O)N(Cc2ccco2)[C@H]1c1cncs1. The predicted octanol–water partition coefficient (Wildman–Crippen LogP) is 3.53. The van der Waals surface area contributed by atoms with Gasteiger partial charge < -0.3 is 14.2 Å². The number of hydrogen-bond acceptors (Lipinski definition) is 5. The summed E-state index contributed by atoms with van der Waals surface area (Å²) >= 11 is 1.55. The fourth-order valence-corrected chi connectivity index (χ4v) is 3.77. The van der Waals surface area contributed by atoms with Crippen LogP contribution < -0.4 is 4.90 Å². The lowest BCUT2D eigenvalue weighted by atomic mass is 10.1. The molecule has 2 aromatic heterocycles. The molecule has 0 aliphatic carbocycles. The highest BCUT2D eigenvalue weighted by Crippen LogP contribution is 2.39.